The first-order valence-electron chi connectivity index (χ1n) is 8.28. The van der Waals surface area contributed by atoms with Crippen molar-refractivity contribution in [2.75, 3.05) is 26.3 Å². The Hall–Kier alpha value is -1.96. The van der Waals surface area contributed by atoms with Crippen LogP contribution in [0.3, 0.4) is 0 Å². The number of nitrogens with zero attached hydrogens (tertiary/aromatic N) is 3. The number of fused-ring (bicyclic) bond motifs is 1. The molecule has 0 radical (unpaired) electrons. The number of benzene rings is 1. The summed E-state index contributed by atoms with van der Waals surface area (Å²) in [6, 6.07) is 12.9. The van der Waals surface area contributed by atoms with Gasteiger partial charge in [0, 0.05) is 43.7 Å². The molecule has 120 valence electrons. The lowest BCUT2D eigenvalue weighted by Crippen LogP contribution is -2.30. The second-order valence-electron chi connectivity index (χ2n) is 6.35. The molecule has 1 saturated heterocycles. The number of hydrogen-bond acceptors (Lipinski definition) is 4. The third-order valence-electron chi connectivity index (χ3n) is 4.38. The summed E-state index contributed by atoms with van der Waals surface area (Å²) in [5.41, 5.74) is 3.36. The van der Waals surface area contributed by atoms with Crippen molar-refractivity contribution in [1.82, 2.24) is 9.88 Å². The van der Waals surface area contributed by atoms with Crippen molar-refractivity contribution in [2.45, 2.75) is 26.3 Å². The van der Waals surface area contributed by atoms with Gasteiger partial charge < -0.3 is 4.74 Å². The van der Waals surface area contributed by atoms with E-state index >= 15 is 0 Å². The molecule has 0 amide bonds. The zero-order valence-electron chi connectivity index (χ0n) is 13.7. The van der Waals surface area contributed by atoms with Crippen LogP contribution in [0.1, 0.15) is 24.1 Å². The molecule has 1 aliphatic heterocycles. The van der Waals surface area contributed by atoms with Crippen LogP contribution < -0.4 is 0 Å². The molecule has 23 heavy (non-hydrogen) atoms. The molecule has 0 unspecified atom stereocenters. The van der Waals surface area contributed by atoms with Crippen LogP contribution in [0.25, 0.3) is 10.9 Å². The van der Waals surface area contributed by atoms with E-state index < -0.39 is 0 Å². The molecule has 2 heterocycles. The maximum atomic E-state index is 8.90. The largest absolute Gasteiger partial charge is 0.381 e. The fourth-order valence-electron chi connectivity index (χ4n) is 3.17. The number of nitriles is 1. The zero-order valence-corrected chi connectivity index (χ0v) is 13.7. The third kappa shape index (κ3) is 4.28. The van der Waals surface area contributed by atoms with Crippen LogP contribution >= 0.6 is 0 Å². The second kappa shape index (κ2) is 7.54. The molecular formula is C19H23N3O. The number of aryl methyl sites for hydroxylation is 1. The van der Waals surface area contributed by atoms with E-state index in [0.29, 0.717) is 12.3 Å². The predicted octanol–water partition coefficient (Wildman–Crippen LogP) is 3.30. The standard InChI is InChI=1S/C19H23N3O/c1-15-3-5-18-11-16(4-6-19(18)21-15)12-22(9-2-8-20)13-17-7-10-23-14-17/h3-6,11,17H,2,7,9-10,12-14H2,1H3/t17-/m0/s1. The SMILES string of the molecule is Cc1ccc2cc(CN(CCC#N)C[C@@H]3CCOC3)ccc2n1. The molecule has 0 N–H and O–H groups in total. The Balaban J connectivity index is 1.72. The first-order chi connectivity index (χ1) is 11.2. The highest BCUT2D eigenvalue weighted by Gasteiger charge is 2.19. The minimum Gasteiger partial charge on any atom is -0.381 e. The summed E-state index contributed by atoms with van der Waals surface area (Å²) >= 11 is 0. The van der Waals surface area contributed by atoms with Gasteiger partial charge in [0.25, 0.3) is 0 Å². The molecule has 1 aliphatic rings. The van der Waals surface area contributed by atoms with Gasteiger partial charge in [0.1, 0.15) is 0 Å². The molecule has 1 aromatic carbocycles. The highest BCUT2D eigenvalue weighted by atomic mass is 16.5. The van der Waals surface area contributed by atoms with Gasteiger partial charge in [-0.05, 0) is 43.0 Å². The molecule has 0 spiro atoms. The molecule has 1 aromatic heterocycles. The lowest BCUT2D eigenvalue weighted by Gasteiger charge is -2.24. The van der Waals surface area contributed by atoms with Gasteiger partial charge in [-0.25, -0.2) is 0 Å². The monoisotopic (exact) mass is 309 g/mol. The maximum absolute atomic E-state index is 8.90. The minimum atomic E-state index is 0.571. The van der Waals surface area contributed by atoms with Crippen LogP contribution in [-0.4, -0.2) is 36.2 Å². The van der Waals surface area contributed by atoms with Crippen molar-refractivity contribution in [3.05, 3.63) is 41.6 Å². The quantitative estimate of drug-likeness (QED) is 0.821. The molecule has 1 atom stereocenters. The number of rotatable bonds is 6. The first-order valence-corrected chi connectivity index (χ1v) is 8.28. The molecule has 0 bridgehead atoms. The average molecular weight is 309 g/mol. The lowest BCUT2D eigenvalue weighted by atomic mass is 10.1. The zero-order chi connectivity index (χ0) is 16.1. The topological polar surface area (TPSA) is 49.2 Å². The summed E-state index contributed by atoms with van der Waals surface area (Å²) in [4.78, 5) is 6.94. The van der Waals surface area contributed by atoms with Crippen LogP contribution in [0, 0.1) is 24.2 Å². The van der Waals surface area contributed by atoms with Gasteiger partial charge in [-0.15, -0.1) is 0 Å². The van der Waals surface area contributed by atoms with E-state index in [1.54, 1.807) is 0 Å². The van der Waals surface area contributed by atoms with Gasteiger partial charge in [-0.1, -0.05) is 12.1 Å². The molecule has 4 nitrogen and oxygen atoms in total. The van der Waals surface area contributed by atoms with E-state index in [1.807, 2.05) is 6.92 Å². The van der Waals surface area contributed by atoms with Crippen molar-refractivity contribution in [2.24, 2.45) is 5.92 Å². The first kappa shape index (κ1) is 15.9. The van der Waals surface area contributed by atoms with Crippen molar-refractivity contribution in [3.8, 4) is 6.07 Å². The summed E-state index contributed by atoms with van der Waals surface area (Å²) in [5.74, 6) is 0.596. The Morgan fingerprint density at radius 3 is 3.04 bits per heavy atom. The Labute approximate surface area is 137 Å². The van der Waals surface area contributed by atoms with E-state index in [0.717, 1.165) is 50.5 Å². The summed E-state index contributed by atoms with van der Waals surface area (Å²) in [7, 11) is 0. The molecule has 1 fully saturated rings. The Morgan fingerprint density at radius 2 is 2.26 bits per heavy atom. The van der Waals surface area contributed by atoms with Gasteiger partial charge in [-0.2, -0.15) is 5.26 Å². The molecule has 3 rings (SSSR count). The molecule has 0 aliphatic carbocycles. The number of aromatic nitrogens is 1. The van der Waals surface area contributed by atoms with Crippen LogP contribution in [0.2, 0.25) is 0 Å². The Bertz CT molecular complexity index is 701. The Morgan fingerprint density at radius 1 is 1.35 bits per heavy atom. The van der Waals surface area contributed by atoms with Crippen molar-refractivity contribution >= 4 is 10.9 Å². The molecule has 4 heteroatoms. The van der Waals surface area contributed by atoms with E-state index in [9.17, 15) is 0 Å². The highest BCUT2D eigenvalue weighted by Crippen LogP contribution is 2.19. The number of ether oxygens (including phenoxy) is 1. The van der Waals surface area contributed by atoms with Crippen molar-refractivity contribution < 1.29 is 4.74 Å². The third-order valence-corrected chi connectivity index (χ3v) is 4.38. The van der Waals surface area contributed by atoms with Gasteiger partial charge >= 0.3 is 0 Å². The fraction of sp³-hybridized carbons (Fsp3) is 0.474. The number of pyridine rings is 1. The van der Waals surface area contributed by atoms with Crippen LogP contribution in [0.5, 0.6) is 0 Å². The lowest BCUT2D eigenvalue weighted by molar-refractivity contribution is 0.165. The summed E-state index contributed by atoms with van der Waals surface area (Å²) in [6.45, 7) is 6.44. The smallest absolute Gasteiger partial charge is 0.0705 e. The molecule has 2 aromatic rings. The highest BCUT2D eigenvalue weighted by molar-refractivity contribution is 5.79. The van der Waals surface area contributed by atoms with Crippen molar-refractivity contribution in [3.63, 3.8) is 0 Å². The van der Waals surface area contributed by atoms with Gasteiger partial charge in [0.2, 0.25) is 0 Å². The van der Waals surface area contributed by atoms with Gasteiger partial charge in [0.15, 0.2) is 0 Å². The number of hydrogen-bond donors (Lipinski definition) is 0. The van der Waals surface area contributed by atoms with Crippen LogP contribution in [0.15, 0.2) is 30.3 Å². The van der Waals surface area contributed by atoms with E-state index in [4.69, 9.17) is 10.00 Å². The minimum absolute atomic E-state index is 0.571. The summed E-state index contributed by atoms with van der Waals surface area (Å²) in [6.07, 6.45) is 1.70. The van der Waals surface area contributed by atoms with Gasteiger partial charge in [-0.3, -0.25) is 9.88 Å². The normalized spacial score (nSPS) is 17.7. The van der Waals surface area contributed by atoms with Crippen LogP contribution in [-0.2, 0) is 11.3 Å². The second-order valence-corrected chi connectivity index (χ2v) is 6.35. The van der Waals surface area contributed by atoms with E-state index in [-0.39, 0.29) is 0 Å². The predicted molar refractivity (Wildman–Crippen MR) is 90.9 cm³/mol. The maximum Gasteiger partial charge on any atom is 0.0705 e. The summed E-state index contributed by atoms with van der Waals surface area (Å²) in [5, 5.41) is 10.1. The fourth-order valence-corrected chi connectivity index (χ4v) is 3.17. The average Bonchev–Trinajstić information content (AvgIpc) is 3.05. The van der Waals surface area contributed by atoms with Gasteiger partial charge in [0.05, 0.1) is 18.2 Å². The molecule has 0 saturated carbocycles. The van der Waals surface area contributed by atoms with Crippen molar-refractivity contribution in [1.29, 1.82) is 5.26 Å². The Kier molecular flexibility index (Phi) is 5.22. The van der Waals surface area contributed by atoms with E-state index in [2.05, 4.69) is 46.3 Å². The molecular weight excluding hydrogens is 286 g/mol. The summed E-state index contributed by atoms with van der Waals surface area (Å²) < 4.78 is 5.48. The van der Waals surface area contributed by atoms with Crippen LogP contribution in [0.4, 0.5) is 0 Å². The van der Waals surface area contributed by atoms with E-state index in [1.165, 1.54) is 10.9 Å².